The van der Waals surface area contributed by atoms with Crippen LogP contribution in [0.3, 0.4) is 0 Å². The molecule has 0 saturated heterocycles. The quantitative estimate of drug-likeness (QED) is 0.566. The summed E-state index contributed by atoms with van der Waals surface area (Å²) >= 11 is 0. The van der Waals surface area contributed by atoms with Crippen LogP contribution in [0.1, 0.15) is 0 Å². The van der Waals surface area contributed by atoms with Crippen molar-refractivity contribution in [1.82, 2.24) is 0 Å². The Labute approximate surface area is 80.2 Å². The second kappa shape index (κ2) is 2.72. The van der Waals surface area contributed by atoms with E-state index in [1.807, 2.05) is 30.3 Å². The van der Waals surface area contributed by atoms with Gasteiger partial charge in [-0.3, -0.25) is 0 Å². The first-order valence-electron chi connectivity index (χ1n) is 4.42. The molecule has 1 aliphatic rings. The molecule has 0 amide bonds. The molecule has 2 heterocycles. The molecule has 0 spiro atoms. The van der Waals surface area contributed by atoms with E-state index in [9.17, 15) is 0 Å². The third-order valence-corrected chi connectivity index (χ3v) is 2.19. The summed E-state index contributed by atoms with van der Waals surface area (Å²) in [5.74, 6) is 0. The molecule has 3 rings (SSSR count). The van der Waals surface area contributed by atoms with Gasteiger partial charge in [0.15, 0.2) is 5.42 Å². The third kappa shape index (κ3) is 0.951. The van der Waals surface area contributed by atoms with E-state index in [0.717, 1.165) is 21.7 Å². The second-order valence-electron chi connectivity index (χ2n) is 3.07. The molecule has 2 nitrogen and oxygen atoms in total. The maximum atomic E-state index is 5.63. The van der Waals surface area contributed by atoms with Gasteiger partial charge in [0.1, 0.15) is 10.9 Å². The Morgan fingerprint density at radius 2 is 2.14 bits per heavy atom. The topological polar surface area (TPSA) is 25.5 Å². The van der Waals surface area contributed by atoms with Crippen LogP contribution >= 0.6 is 0 Å². The number of hydrogen-bond acceptors (Lipinski definition) is 2. The molecule has 2 heteroatoms. The van der Waals surface area contributed by atoms with Gasteiger partial charge in [-0.2, -0.15) is 0 Å². The average molecular weight is 181 g/mol. The highest BCUT2D eigenvalue weighted by atomic mass is 16.3. The zero-order valence-electron chi connectivity index (χ0n) is 7.40. The number of fused-ring (bicyclic) bond motifs is 3. The molecule has 1 aromatic carbocycles. The Hall–Kier alpha value is -2.05. The minimum absolute atomic E-state index is 0.799. The van der Waals surface area contributed by atoms with Crippen LogP contribution in [0.5, 0.6) is 0 Å². The highest BCUT2D eigenvalue weighted by molar-refractivity contribution is 5.77. The molecule has 0 radical (unpaired) electrons. The zero-order valence-corrected chi connectivity index (χ0v) is 7.40. The molecule has 0 fully saturated rings. The fourth-order valence-electron chi connectivity index (χ4n) is 1.57. The van der Waals surface area contributed by atoms with Gasteiger partial charge < -0.3 is 4.42 Å². The van der Waals surface area contributed by atoms with E-state index in [-0.39, 0.29) is 0 Å². The van der Waals surface area contributed by atoms with Crippen LogP contribution in [0.25, 0.3) is 17.0 Å². The van der Waals surface area contributed by atoms with Gasteiger partial charge in [0.2, 0.25) is 0 Å². The first-order chi connectivity index (χ1) is 6.95. The average Bonchev–Trinajstić information content (AvgIpc) is 2.42. The van der Waals surface area contributed by atoms with E-state index in [1.54, 1.807) is 12.3 Å². The molecule has 1 aromatic heterocycles. The minimum Gasteiger partial charge on any atom is -0.454 e. The number of allylic oxidation sites excluding steroid dienone is 1. The molecule has 0 atom stereocenters. The molecule has 14 heavy (non-hydrogen) atoms. The lowest BCUT2D eigenvalue weighted by atomic mass is 10.2. The van der Waals surface area contributed by atoms with Gasteiger partial charge in [0.05, 0.1) is 6.20 Å². The molecular formula is C12H7NO. The summed E-state index contributed by atoms with van der Waals surface area (Å²) < 4.78 is 5.63. The van der Waals surface area contributed by atoms with E-state index in [4.69, 9.17) is 4.42 Å². The Bertz CT molecular complexity index is 670. The smallest absolute Gasteiger partial charge is 0.154 e. The van der Waals surface area contributed by atoms with Crippen LogP contribution < -0.4 is 10.8 Å². The predicted molar refractivity (Wildman–Crippen MR) is 54.1 cm³/mol. The normalized spacial score (nSPS) is 13.1. The molecule has 66 valence electrons. The van der Waals surface area contributed by atoms with Gasteiger partial charge in [-0.25, -0.2) is 4.99 Å². The summed E-state index contributed by atoms with van der Waals surface area (Å²) in [5.41, 5.74) is 4.59. The third-order valence-electron chi connectivity index (χ3n) is 2.19. The zero-order chi connectivity index (χ0) is 9.38. The van der Waals surface area contributed by atoms with E-state index in [1.165, 1.54) is 0 Å². The number of nitrogens with zero attached hydrogens (tertiary/aromatic N) is 1. The van der Waals surface area contributed by atoms with Crippen molar-refractivity contribution in [2.24, 2.45) is 4.99 Å². The number of hydrogen-bond donors (Lipinski definition) is 0. The van der Waals surface area contributed by atoms with Gasteiger partial charge >= 0.3 is 0 Å². The maximum Gasteiger partial charge on any atom is 0.154 e. The first kappa shape index (κ1) is 7.36. The van der Waals surface area contributed by atoms with E-state index in [0.29, 0.717) is 0 Å². The van der Waals surface area contributed by atoms with Crippen molar-refractivity contribution in [2.45, 2.75) is 0 Å². The number of para-hydroxylation sites is 1. The van der Waals surface area contributed by atoms with Crippen LogP contribution in [0.2, 0.25) is 0 Å². The van der Waals surface area contributed by atoms with Crippen LogP contribution in [-0.4, -0.2) is 0 Å². The van der Waals surface area contributed by atoms with Crippen LogP contribution in [0.4, 0.5) is 0 Å². The predicted octanol–water partition coefficient (Wildman–Crippen LogP) is 1.52. The maximum absolute atomic E-state index is 5.63. The van der Waals surface area contributed by atoms with E-state index in [2.05, 4.69) is 10.7 Å². The van der Waals surface area contributed by atoms with Gasteiger partial charge in [-0.05, 0) is 24.3 Å². The molecule has 2 aromatic rings. The molecule has 1 aliphatic heterocycles. The van der Waals surface area contributed by atoms with Crippen molar-refractivity contribution < 1.29 is 4.42 Å². The molecule has 0 saturated carbocycles. The van der Waals surface area contributed by atoms with E-state index < -0.39 is 0 Å². The highest BCUT2D eigenvalue weighted by Gasteiger charge is 2.02. The van der Waals surface area contributed by atoms with Crippen molar-refractivity contribution >= 4 is 17.0 Å². The Kier molecular flexibility index (Phi) is 1.43. The largest absolute Gasteiger partial charge is 0.454 e. The van der Waals surface area contributed by atoms with Gasteiger partial charge in [-0.15, -0.1) is 5.73 Å². The van der Waals surface area contributed by atoms with Crippen molar-refractivity contribution in [2.75, 3.05) is 0 Å². The van der Waals surface area contributed by atoms with Gasteiger partial charge in [0, 0.05) is 5.39 Å². The lowest BCUT2D eigenvalue weighted by Crippen LogP contribution is -2.18. The summed E-state index contributed by atoms with van der Waals surface area (Å²) in [4.78, 5) is 4.28. The summed E-state index contributed by atoms with van der Waals surface area (Å²) in [6.07, 6.45) is 5.34. The molecule has 0 bridgehead atoms. The van der Waals surface area contributed by atoms with E-state index >= 15 is 0 Å². The van der Waals surface area contributed by atoms with Crippen molar-refractivity contribution in [3.63, 3.8) is 0 Å². The molecule has 0 aliphatic carbocycles. The first-order valence-corrected chi connectivity index (χ1v) is 4.42. The Morgan fingerprint density at radius 1 is 1.21 bits per heavy atom. The van der Waals surface area contributed by atoms with Crippen molar-refractivity contribution in [3.8, 4) is 0 Å². The van der Waals surface area contributed by atoms with Crippen LogP contribution in [-0.2, 0) is 0 Å². The summed E-state index contributed by atoms with van der Waals surface area (Å²) in [6.45, 7) is 0. The van der Waals surface area contributed by atoms with Gasteiger partial charge in [0.25, 0.3) is 0 Å². The highest BCUT2D eigenvalue weighted by Crippen LogP contribution is 2.06. The van der Waals surface area contributed by atoms with Crippen molar-refractivity contribution in [1.29, 1.82) is 0 Å². The summed E-state index contributed by atoms with van der Waals surface area (Å²) in [6, 6.07) is 7.89. The fraction of sp³-hybridized carbons (Fsp3) is 0. The van der Waals surface area contributed by atoms with Crippen LogP contribution in [0, 0.1) is 0 Å². The lowest BCUT2D eigenvalue weighted by Gasteiger charge is -1.82. The molecule has 0 N–H and O–H groups in total. The van der Waals surface area contributed by atoms with Crippen LogP contribution in [0.15, 0.2) is 51.7 Å². The number of benzene rings is 1. The lowest BCUT2D eigenvalue weighted by molar-refractivity contribution is 0.573. The monoisotopic (exact) mass is 181 g/mol. The SMILES string of the molecule is C1=CC=c2oc3ccccc3c2=NC=1. The molecular weight excluding hydrogens is 174 g/mol. The Morgan fingerprint density at radius 3 is 3.14 bits per heavy atom. The molecule has 0 unspecified atom stereocenters. The van der Waals surface area contributed by atoms with Crippen molar-refractivity contribution in [3.05, 3.63) is 53.0 Å². The minimum atomic E-state index is 0.799. The fourth-order valence-corrected chi connectivity index (χ4v) is 1.57. The standard InChI is InChI=1S/C12H7NO/c1-2-6-10-9(5-1)12-11(14-10)7-3-4-8-13-12/h1-3,5-8H. The number of rotatable bonds is 0. The van der Waals surface area contributed by atoms with Gasteiger partial charge in [-0.1, -0.05) is 12.1 Å². The second-order valence-corrected chi connectivity index (χ2v) is 3.07. The summed E-state index contributed by atoms with van der Waals surface area (Å²) in [7, 11) is 0. The number of furan rings is 1. The summed E-state index contributed by atoms with van der Waals surface area (Å²) in [5, 5.41) is 1.94. The Balaban J connectivity index is 2.63.